The van der Waals surface area contributed by atoms with Gasteiger partial charge in [0.25, 0.3) is 0 Å². The van der Waals surface area contributed by atoms with Gasteiger partial charge >= 0.3 is 0 Å². The molecule has 0 unspecified atom stereocenters. The van der Waals surface area contributed by atoms with Crippen LogP contribution in [0.1, 0.15) is 37.2 Å². The standard InChI is InChI=1S/C19H24F2N2/c20-15-7-14(8-16(21)9-15)17-11-23(10-12-1-2-12)18-13-3-5-22(6-4-13)19(17)18/h7-9,12-13,17-19H,1-6,10-11H2/t17-,18-,19-/m0/s1. The molecular formula is C19H24F2N2. The molecule has 0 N–H and O–H groups in total. The summed E-state index contributed by atoms with van der Waals surface area (Å²) in [6.07, 6.45) is 5.32. The van der Waals surface area contributed by atoms with Crippen molar-refractivity contribution < 1.29 is 8.78 Å². The predicted molar refractivity (Wildman–Crippen MR) is 85.3 cm³/mol. The van der Waals surface area contributed by atoms with E-state index in [4.69, 9.17) is 0 Å². The highest BCUT2D eigenvalue weighted by Gasteiger charge is 2.53. The second kappa shape index (κ2) is 5.25. The van der Waals surface area contributed by atoms with Gasteiger partial charge in [-0.15, -0.1) is 0 Å². The second-order valence-electron chi connectivity index (χ2n) is 8.06. The second-order valence-corrected chi connectivity index (χ2v) is 8.06. The van der Waals surface area contributed by atoms with E-state index in [0.29, 0.717) is 12.1 Å². The van der Waals surface area contributed by atoms with Gasteiger partial charge in [-0.1, -0.05) is 0 Å². The summed E-state index contributed by atoms with van der Waals surface area (Å²) in [6.45, 7) is 4.50. The van der Waals surface area contributed by atoms with Crippen molar-refractivity contribution in [1.29, 1.82) is 0 Å². The molecule has 3 atom stereocenters. The van der Waals surface area contributed by atoms with Gasteiger partial charge in [0.15, 0.2) is 0 Å². The maximum atomic E-state index is 13.7. The number of hydrogen-bond acceptors (Lipinski definition) is 2. The van der Waals surface area contributed by atoms with Crippen LogP contribution >= 0.6 is 0 Å². The highest BCUT2D eigenvalue weighted by molar-refractivity contribution is 5.28. The van der Waals surface area contributed by atoms with Crippen LogP contribution in [0.4, 0.5) is 8.78 Å². The topological polar surface area (TPSA) is 6.48 Å². The van der Waals surface area contributed by atoms with Crippen molar-refractivity contribution >= 4 is 0 Å². The lowest BCUT2D eigenvalue weighted by molar-refractivity contribution is -0.00759. The Bertz CT molecular complexity index is 587. The molecule has 4 saturated heterocycles. The minimum absolute atomic E-state index is 0.257. The summed E-state index contributed by atoms with van der Waals surface area (Å²) in [6, 6.07) is 5.19. The molecule has 23 heavy (non-hydrogen) atoms. The highest BCUT2D eigenvalue weighted by Crippen LogP contribution is 2.47. The van der Waals surface area contributed by atoms with Crippen molar-refractivity contribution in [2.45, 2.75) is 43.7 Å². The number of benzene rings is 1. The molecule has 1 aromatic rings. The van der Waals surface area contributed by atoms with E-state index in [-0.39, 0.29) is 5.92 Å². The molecule has 0 spiro atoms. The lowest BCUT2D eigenvalue weighted by Gasteiger charge is -2.51. The first-order valence-corrected chi connectivity index (χ1v) is 9.13. The molecule has 0 amide bonds. The van der Waals surface area contributed by atoms with Gasteiger partial charge in [0.2, 0.25) is 0 Å². The fourth-order valence-electron chi connectivity index (χ4n) is 5.46. The Balaban J connectivity index is 1.50. The third-order valence-corrected chi connectivity index (χ3v) is 6.60. The summed E-state index contributed by atoms with van der Waals surface area (Å²) >= 11 is 0. The average molecular weight is 318 g/mol. The molecule has 1 saturated carbocycles. The zero-order valence-corrected chi connectivity index (χ0v) is 13.4. The van der Waals surface area contributed by atoms with Crippen LogP contribution < -0.4 is 0 Å². The molecule has 5 fully saturated rings. The van der Waals surface area contributed by atoms with Crippen LogP contribution in [0.25, 0.3) is 0 Å². The van der Waals surface area contributed by atoms with Crippen LogP contribution in [0.15, 0.2) is 18.2 Å². The van der Waals surface area contributed by atoms with Gasteiger partial charge in [-0.25, -0.2) is 8.78 Å². The molecular weight excluding hydrogens is 294 g/mol. The number of hydrogen-bond donors (Lipinski definition) is 0. The van der Waals surface area contributed by atoms with Crippen LogP contribution in [-0.2, 0) is 0 Å². The number of likely N-dealkylation sites (tertiary alicyclic amines) is 1. The first-order chi connectivity index (χ1) is 11.2. The van der Waals surface area contributed by atoms with Crippen molar-refractivity contribution in [2.24, 2.45) is 11.8 Å². The van der Waals surface area contributed by atoms with Gasteiger partial charge in [0.05, 0.1) is 0 Å². The van der Waals surface area contributed by atoms with Crippen LogP contribution in [0.3, 0.4) is 0 Å². The van der Waals surface area contributed by atoms with Gasteiger partial charge in [-0.05, 0) is 68.3 Å². The number of fused-ring (bicyclic) bond motifs is 2. The van der Waals surface area contributed by atoms with E-state index in [9.17, 15) is 8.78 Å². The molecule has 6 rings (SSSR count). The van der Waals surface area contributed by atoms with Gasteiger partial charge in [0.1, 0.15) is 11.6 Å². The molecule has 124 valence electrons. The van der Waals surface area contributed by atoms with Crippen LogP contribution in [0.5, 0.6) is 0 Å². The Morgan fingerprint density at radius 1 is 0.913 bits per heavy atom. The van der Waals surface area contributed by atoms with E-state index >= 15 is 0 Å². The average Bonchev–Trinajstić information content (AvgIpc) is 3.26. The fourth-order valence-corrected chi connectivity index (χ4v) is 5.46. The monoisotopic (exact) mass is 318 g/mol. The first kappa shape index (κ1) is 14.4. The van der Waals surface area contributed by atoms with E-state index in [2.05, 4.69) is 9.80 Å². The van der Waals surface area contributed by atoms with E-state index in [0.717, 1.165) is 43.1 Å². The van der Waals surface area contributed by atoms with Gasteiger partial charge in [-0.3, -0.25) is 9.80 Å². The van der Waals surface area contributed by atoms with E-state index in [1.165, 1.54) is 32.2 Å². The smallest absolute Gasteiger partial charge is 0.126 e. The normalized spacial score (nSPS) is 39.7. The Morgan fingerprint density at radius 3 is 2.26 bits per heavy atom. The van der Waals surface area contributed by atoms with Crippen molar-refractivity contribution in [2.75, 3.05) is 26.2 Å². The third-order valence-electron chi connectivity index (χ3n) is 6.60. The van der Waals surface area contributed by atoms with Crippen molar-refractivity contribution in [3.8, 4) is 0 Å². The minimum Gasteiger partial charge on any atom is -0.298 e. The summed E-state index contributed by atoms with van der Waals surface area (Å²) in [5.74, 6) is 1.04. The van der Waals surface area contributed by atoms with Gasteiger partial charge in [0, 0.05) is 37.2 Å². The summed E-state index contributed by atoms with van der Waals surface area (Å²) in [5, 5.41) is 0. The zero-order valence-electron chi connectivity index (χ0n) is 13.4. The summed E-state index contributed by atoms with van der Waals surface area (Å²) in [4.78, 5) is 5.27. The lowest BCUT2D eigenvalue weighted by Crippen LogP contribution is -2.60. The van der Waals surface area contributed by atoms with Gasteiger partial charge < -0.3 is 0 Å². The Morgan fingerprint density at radius 2 is 1.61 bits per heavy atom. The maximum Gasteiger partial charge on any atom is 0.126 e. The number of piperidine rings is 3. The molecule has 4 heterocycles. The molecule has 4 aliphatic heterocycles. The van der Waals surface area contributed by atoms with Crippen LogP contribution in [-0.4, -0.2) is 48.1 Å². The SMILES string of the molecule is Fc1cc(F)cc([C@@H]2CN(CC3CC3)[C@H]3C4CCN(CC4)[C@@H]23)c1. The maximum absolute atomic E-state index is 13.7. The minimum atomic E-state index is -0.437. The largest absolute Gasteiger partial charge is 0.298 e. The number of halogens is 2. The van der Waals surface area contributed by atoms with Crippen molar-refractivity contribution in [3.63, 3.8) is 0 Å². The molecule has 0 aromatic heterocycles. The Hall–Kier alpha value is -1.00. The van der Waals surface area contributed by atoms with Gasteiger partial charge in [-0.2, -0.15) is 0 Å². The third kappa shape index (κ3) is 2.42. The van der Waals surface area contributed by atoms with Crippen molar-refractivity contribution in [3.05, 3.63) is 35.4 Å². The Kier molecular flexibility index (Phi) is 3.28. The Labute approximate surface area is 136 Å². The fraction of sp³-hybridized carbons (Fsp3) is 0.684. The molecule has 5 aliphatic rings. The number of nitrogens with zero attached hydrogens (tertiary/aromatic N) is 2. The van der Waals surface area contributed by atoms with Crippen LogP contribution in [0.2, 0.25) is 0 Å². The van der Waals surface area contributed by atoms with E-state index in [1.807, 2.05) is 0 Å². The quantitative estimate of drug-likeness (QED) is 0.844. The molecule has 1 aliphatic carbocycles. The first-order valence-electron chi connectivity index (χ1n) is 9.13. The van der Waals surface area contributed by atoms with E-state index in [1.54, 1.807) is 12.1 Å². The summed E-state index contributed by atoms with van der Waals surface area (Å²) < 4.78 is 27.5. The molecule has 2 bridgehead atoms. The summed E-state index contributed by atoms with van der Waals surface area (Å²) in [5.41, 5.74) is 0.864. The lowest BCUT2D eigenvalue weighted by atomic mass is 9.75. The van der Waals surface area contributed by atoms with Crippen molar-refractivity contribution in [1.82, 2.24) is 9.80 Å². The predicted octanol–water partition coefficient (Wildman–Crippen LogP) is 3.24. The van der Waals surface area contributed by atoms with Crippen LogP contribution in [0, 0.1) is 23.5 Å². The molecule has 0 radical (unpaired) electrons. The van der Waals surface area contributed by atoms with E-state index < -0.39 is 11.6 Å². The summed E-state index contributed by atoms with van der Waals surface area (Å²) in [7, 11) is 0. The highest BCUT2D eigenvalue weighted by atomic mass is 19.1. The molecule has 1 aromatic carbocycles. The number of rotatable bonds is 3. The molecule has 2 nitrogen and oxygen atoms in total. The molecule has 4 heteroatoms. The zero-order chi connectivity index (χ0) is 15.6.